The van der Waals surface area contributed by atoms with Gasteiger partial charge in [0.2, 0.25) is 5.92 Å². The van der Waals surface area contributed by atoms with E-state index in [0.717, 1.165) is 13.3 Å². The van der Waals surface area contributed by atoms with Gasteiger partial charge in [0.1, 0.15) is 0 Å². The van der Waals surface area contributed by atoms with Crippen molar-refractivity contribution in [3.8, 4) is 6.07 Å². The number of carbonyl (C=O) groups is 2. The molecule has 1 atom stereocenters. The molecule has 1 N–H and O–H groups in total. The summed E-state index contributed by atoms with van der Waals surface area (Å²) in [5, 5.41) is 11.6. The van der Waals surface area contributed by atoms with Gasteiger partial charge in [0.05, 0.1) is 30.7 Å². The number of nitriles is 1. The third-order valence-corrected chi connectivity index (χ3v) is 5.68. The molecule has 2 aliphatic heterocycles. The molecule has 1 aliphatic carbocycles. The van der Waals surface area contributed by atoms with E-state index in [1.54, 1.807) is 0 Å². The highest BCUT2D eigenvalue weighted by atomic mass is 19.3. The van der Waals surface area contributed by atoms with Crippen molar-refractivity contribution in [2.75, 3.05) is 26.3 Å². The molecule has 0 bridgehead atoms. The zero-order valence-corrected chi connectivity index (χ0v) is 16.1. The van der Waals surface area contributed by atoms with Crippen LogP contribution < -0.4 is 5.32 Å². The zero-order valence-electron chi connectivity index (χ0n) is 16.1. The summed E-state index contributed by atoms with van der Waals surface area (Å²) in [6.07, 6.45) is 2.14. The maximum Gasteiger partial charge on any atom is 0.317 e. The molecule has 0 aromatic heterocycles. The summed E-state index contributed by atoms with van der Waals surface area (Å²) >= 11 is 0. The maximum absolute atomic E-state index is 13.6. The number of piperidine rings is 1. The number of carbonyl (C=O) groups excluding carboxylic acids is 2. The predicted molar refractivity (Wildman–Crippen MR) is 94.5 cm³/mol. The Morgan fingerprint density at radius 2 is 1.82 bits per heavy atom. The molecule has 0 unspecified atom stereocenters. The minimum atomic E-state index is -3.10. The number of ether oxygens (including phenoxy) is 2. The van der Waals surface area contributed by atoms with Crippen LogP contribution in [-0.4, -0.2) is 60.8 Å². The normalized spacial score (nSPS) is 24.3. The van der Waals surface area contributed by atoms with Crippen molar-refractivity contribution in [2.24, 2.45) is 5.41 Å². The highest BCUT2D eigenvalue weighted by Crippen LogP contribution is 2.48. The van der Waals surface area contributed by atoms with Crippen molar-refractivity contribution in [3.63, 3.8) is 0 Å². The molecular formula is C19H27F2N3O4. The van der Waals surface area contributed by atoms with Gasteiger partial charge in [0, 0.05) is 38.8 Å². The summed E-state index contributed by atoms with van der Waals surface area (Å²) in [6.45, 7) is 2.68. The Labute approximate surface area is 163 Å². The summed E-state index contributed by atoms with van der Waals surface area (Å²) in [4.78, 5) is 26.6. The molecule has 2 amide bonds. The van der Waals surface area contributed by atoms with E-state index in [2.05, 4.69) is 11.4 Å². The van der Waals surface area contributed by atoms with Crippen LogP contribution in [0.3, 0.4) is 0 Å². The van der Waals surface area contributed by atoms with E-state index in [1.807, 2.05) is 0 Å². The van der Waals surface area contributed by atoms with Crippen LogP contribution in [-0.2, 0) is 14.3 Å². The Bertz CT molecular complexity index is 639. The second-order valence-electron chi connectivity index (χ2n) is 8.26. The van der Waals surface area contributed by atoms with Gasteiger partial charge in [-0.2, -0.15) is 5.26 Å². The number of nitrogens with zero attached hydrogens (tertiary/aromatic N) is 2. The lowest BCUT2D eigenvalue weighted by atomic mass is 9.94. The van der Waals surface area contributed by atoms with Crippen molar-refractivity contribution in [2.45, 2.75) is 69.6 Å². The monoisotopic (exact) mass is 399 g/mol. The van der Waals surface area contributed by atoms with Crippen LogP contribution in [0.25, 0.3) is 0 Å². The van der Waals surface area contributed by atoms with Crippen molar-refractivity contribution in [1.29, 1.82) is 5.26 Å². The van der Waals surface area contributed by atoms with E-state index in [-0.39, 0.29) is 6.42 Å². The Hall–Kier alpha value is -1.79. The first kappa shape index (κ1) is 20.9. The summed E-state index contributed by atoms with van der Waals surface area (Å²) < 4.78 is 38.6. The number of nitrogens with one attached hydrogen (secondary N) is 1. The lowest BCUT2D eigenvalue weighted by Crippen LogP contribution is -2.56. The van der Waals surface area contributed by atoms with Gasteiger partial charge in [-0.1, -0.05) is 0 Å². The van der Waals surface area contributed by atoms with E-state index in [9.17, 15) is 18.4 Å². The third kappa shape index (κ3) is 5.17. The van der Waals surface area contributed by atoms with Crippen LogP contribution in [0.5, 0.6) is 0 Å². The summed E-state index contributed by atoms with van der Waals surface area (Å²) in [7, 11) is 0. The van der Waals surface area contributed by atoms with E-state index >= 15 is 0 Å². The number of hydrogen-bond acceptors (Lipinski definition) is 5. The number of likely N-dealkylation sites (tertiary alicyclic amines) is 1. The third-order valence-electron chi connectivity index (χ3n) is 5.68. The minimum Gasteiger partial charge on any atom is -0.350 e. The summed E-state index contributed by atoms with van der Waals surface area (Å²) in [5.41, 5.74) is -0.740. The average molecular weight is 399 g/mol. The van der Waals surface area contributed by atoms with Crippen molar-refractivity contribution < 1.29 is 27.8 Å². The van der Waals surface area contributed by atoms with Crippen LogP contribution in [0.2, 0.25) is 0 Å². The number of halogens is 2. The molecule has 3 fully saturated rings. The fourth-order valence-electron chi connectivity index (χ4n) is 3.74. The molecule has 1 saturated carbocycles. The van der Waals surface area contributed by atoms with Gasteiger partial charge >= 0.3 is 6.03 Å². The van der Waals surface area contributed by atoms with Crippen molar-refractivity contribution in [3.05, 3.63) is 0 Å². The molecule has 3 rings (SSSR count). The molecule has 2 heterocycles. The molecule has 7 nitrogen and oxygen atoms in total. The number of urea groups is 1. The van der Waals surface area contributed by atoms with E-state index in [4.69, 9.17) is 14.7 Å². The second-order valence-corrected chi connectivity index (χ2v) is 8.26. The molecule has 0 radical (unpaired) electrons. The topological polar surface area (TPSA) is 91.7 Å². The number of hydrogen-bond donors (Lipinski definition) is 1. The van der Waals surface area contributed by atoms with Gasteiger partial charge in [-0.05, 0) is 26.2 Å². The molecule has 2 saturated heterocycles. The molecule has 0 aromatic rings. The lowest BCUT2D eigenvalue weighted by molar-refractivity contribution is -0.281. The number of ketones is 1. The van der Waals surface area contributed by atoms with Gasteiger partial charge in [0.25, 0.3) is 0 Å². The predicted octanol–water partition coefficient (Wildman–Crippen LogP) is 2.60. The van der Waals surface area contributed by atoms with E-state index in [0.29, 0.717) is 52.0 Å². The van der Waals surface area contributed by atoms with Gasteiger partial charge in [0.15, 0.2) is 11.6 Å². The average Bonchev–Trinajstić information content (AvgIpc) is 3.41. The lowest BCUT2D eigenvalue weighted by Gasteiger charge is -2.43. The largest absolute Gasteiger partial charge is 0.350 e. The number of amides is 2. The summed E-state index contributed by atoms with van der Waals surface area (Å²) in [5.74, 6) is -4.28. The van der Waals surface area contributed by atoms with Crippen LogP contribution in [0.1, 0.15) is 51.9 Å². The quantitative estimate of drug-likeness (QED) is 0.741. The highest BCUT2D eigenvalue weighted by molar-refractivity contribution is 5.89. The van der Waals surface area contributed by atoms with E-state index in [1.165, 1.54) is 4.90 Å². The van der Waals surface area contributed by atoms with Crippen LogP contribution in [0.15, 0.2) is 0 Å². The SMILES string of the molecule is CC(F)(F)C[C@H](NC(=O)N1CCC2(CC1)OCCCO2)C(=O)CC1(C#N)CC1. The summed E-state index contributed by atoms with van der Waals surface area (Å²) in [6, 6.07) is 0.236. The fraction of sp³-hybridized carbons (Fsp3) is 0.842. The first-order valence-corrected chi connectivity index (χ1v) is 9.81. The fourth-order valence-corrected chi connectivity index (χ4v) is 3.74. The van der Waals surface area contributed by atoms with Gasteiger partial charge in [-0.25, -0.2) is 13.6 Å². The molecule has 28 heavy (non-hydrogen) atoms. The minimum absolute atomic E-state index is 0.102. The molecule has 3 aliphatic rings. The first-order chi connectivity index (χ1) is 13.2. The number of Topliss-reactive ketones (excluding diaryl/α,β-unsaturated/α-hetero) is 1. The number of alkyl halides is 2. The number of rotatable bonds is 6. The van der Waals surface area contributed by atoms with Crippen molar-refractivity contribution in [1.82, 2.24) is 10.2 Å². The van der Waals surface area contributed by atoms with Crippen LogP contribution in [0, 0.1) is 16.7 Å². The molecule has 1 spiro atoms. The second kappa shape index (κ2) is 7.91. The maximum atomic E-state index is 13.6. The Kier molecular flexibility index (Phi) is 5.92. The molecular weight excluding hydrogens is 372 g/mol. The molecule has 156 valence electrons. The van der Waals surface area contributed by atoms with Gasteiger partial charge < -0.3 is 19.7 Å². The zero-order chi connectivity index (χ0) is 20.4. The Morgan fingerprint density at radius 3 is 2.32 bits per heavy atom. The molecule has 0 aromatic carbocycles. The Balaban J connectivity index is 1.58. The van der Waals surface area contributed by atoms with Crippen molar-refractivity contribution >= 4 is 11.8 Å². The smallest absolute Gasteiger partial charge is 0.317 e. The highest BCUT2D eigenvalue weighted by Gasteiger charge is 2.47. The van der Waals surface area contributed by atoms with Gasteiger partial charge in [-0.3, -0.25) is 4.79 Å². The first-order valence-electron chi connectivity index (χ1n) is 9.81. The molecule has 9 heteroatoms. The van der Waals surface area contributed by atoms with Crippen LogP contribution in [0.4, 0.5) is 13.6 Å². The van der Waals surface area contributed by atoms with E-state index < -0.39 is 41.4 Å². The van der Waals surface area contributed by atoms with Crippen LogP contribution >= 0.6 is 0 Å². The Morgan fingerprint density at radius 1 is 1.21 bits per heavy atom. The standard InChI is InChI=1S/C19H27F2N3O4/c1-17(20,21)11-14(15(25)12-18(13-22)3-4-18)23-16(26)24-7-5-19(6-8-24)27-9-2-10-28-19/h14H,2-12H2,1H3,(H,23,26)/t14-/m0/s1. The van der Waals surface area contributed by atoms with Gasteiger partial charge in [-0.15, -0.1) is 0 Å².